The molecule has 1 rings (SSSR count). The summed E-state index contributed by atoms with van der Waals surface area (Å²) in [5.41, 5.74) is 0.627. The molecule has 2 nitrogen and oxygen atoms in total. The third-order valence-corrected chi connectivity index (χ3v) is 3.52. The maximum atomic E-state index is 5.08. The quantitative estimate of drug-likeness (QED) is 0.636. The van der Waals surface area contributed by atoms with Crippen LogP contribution in [0, 0.1) is 5.41 Å². The van der Waals surface area contributed by atoms with E-state index in [-0.39, 0.29) is 0 Å². The van der Waals surface area contributed by atoms with Gasteiger partial charge >= 0.3 is 0 Å². The zero-order valence-corrected chi connectivity index (χ0v) is 9.77. The van der Waals surface area contributed by atoms with Crippen molar-refractivity contribution in [3.63, 3.8) is 0 Å². The molecule has 0 aromatic heterocycles. The van der Waals surface area contributed by atoms with Crippen LogP contribution in [0.1, 0.15) is 44.9 Å². The number of nitrogens with one attached hydrogen (secondary N) is 1. The number of rotatable bonds is 7. The monoisotopic (exact) mass is 199 g/mol. The fourth-order valence-electron chi connectivity index (χ4n) is 2.76. The van der Waals surface area contributed by atoms with Crippen molar-refractivity contribution in [3.8, 4) is 0 Å². The van der Waals surface area contributed by atoms with E-state index in [2.05, 4.69) is 12.4 Å². The first-order chi connectivity index (χ1) is 6.83. The smallest absolute Gasteiger partial charge is 0.0462 e. The standard InChI is InChI=1S/C12H25NO/c1-13-11-12(7-3-4-8-12)9-5-6-10-14-2/h13H,3-11H2,1-2H3. The molecular formula is C12H25NO. The van der Waals surface area contributed by atoms with Crippen molar-refractivity contribution in [1.29, 1.82) is 0 Å². The summed E-state index contributed by atoms with van der Waals surface area (Å²) in [6.45, 7) is 2.13. The van der Waals surface area contributed by atoms with Crippen molar-refractivity contribution < 1.29 is 4.74 Å². The highest BCUT2D eigenvalue weighted by Gasteiger charge is 2.32. The highest BCUT2D eigenvalue weighted by atomic mass is 16.5. The molecule has 84 valence electrons. The van der Waals surface area contributed by atoms with Crippen molar-refractivity contribution in [1.82, 2.24) is 5.32 Å². The van der Waals surface area contributed by atoms with Crippen LogP contribution in [0.2, 0.25) is 0 Å². The first-order valence-corrected chi connectivity index (χ1v) is 5.96. The average molecular weight is 199 g/mol. The maximum absolute atomic E-state index is 5.08. The maximum Gasteiger partial charge on any atom is 0.0462 e. The fraction of sp³-hybridized carbons (Fsp3) is 1.00. The van der Waals surface area contributed by atoms with Crippen molar-refractivity contribution in [2.75, 3.05) is 27.3 Å². The van der Waals surface area contributed by atoms with Crippen LogP contribution in [0.5, 0.6) is 0 Å². The summed E-state index contributed by atoms with van der Waals surface area (Å²) >= 11 is 0. The number of hydrogen-bond acceptors (Lipinski definition) is 2. The van der Waals surface area contributed by atoms with Crippen LogP contribution in [0.4, 0.5) is 0 Å². The Morgan fingerprint density at radius 2 is 1.93 bits per heavy atom. The lowest BCUT2D eigenvalue weighted by atomic mass is 9.81. The molecule has 0 aromatic rings. The molecule has 0 aliphatic heterocycles. The van der Waals surface area contributed by atoms with Crippen LogP contribution in [0.25, 0.3) is 0 Å². The van der Waals surface area contributed by atoms with Gasteiger partial charge < -0.3 is 10.1 Å². The van der Waals surface area contributed by atoms with E-state index in [4.69, 9.17) is 4.74 Å². The van der Waals surface area contributed by atoms with E-state index in [0.717, 1.165) is 6.61 Å². The van der Waals surface area contributed by atoms with Gasteiger partial charge in [-0.2, -0.15) is 0 Å². The van der Waals surface area contributed by atoms with E-state index >= 15 is 0 Å². The van der Waals surface area contributed by atoms with Crippen molar-refractivity contribution in [2.24, 2.45) is 5.41 Å². The summed E-state index contributed by atoms with van der Waals surface area (Å²) < 4.78 is 5.08. The number of methoxy groups -OCH3 is 1. The summed E-state index contributed by atoms with van der Waals surface area (Å²) in [6.07, 6.45) is 9.67. The van der Waals surface area contributed by atoms with Gasteiger partial charge in [0.1, 0.15) is 0 Å². The Morgan fingerprint density at radius 1 is 1.21 bits per heavy atom. The summed E-state index contributed by atoms with van der Waals surface area (Å²) in [5, 5.41) is 3.36. The third-order valence-electron chi connectivity index (χ3n) is 3.52. The lowest BCUT2D eigenvalue weighted by Gasteiger charge is -2.28. The summed E-state index contributed by atoms with van der Waals surface area (Å²) in [7, 11) is 3.87. The fourth-order valence-corrected chi connectivity index (χ4v) is 2.76. The van der Waals surface area contributed by atoms with Gasteiger partial charge in [-0.1, -0.05) is 19.3 Å². The normalized spacial score (nSPS) is 20.1. The molecule has 14 heavy (non-hydrogen) atoms. The molecule has 0 aromatic carbocycles. The van der Waals surface area contributed by atoms with E-state index in [1.54, 1.807) is 7.11 Å². The molecule has 0 bridgehead atoms. The number of unbranched alkanes of at least 4 members (excludes halogenated alkanes) is 1. The van der Waals surface area contributed by atoms with Crippen LogP contribution in [0.15, 0.2) is 0 Å². The minimum atomic E-state index is 0.627. The van der Waals surface area contributed by atoms with Gasteiger partial charge in [0.15, 0.2) is 0 Å². The van der Waals surface area contributed by atoms with Gasteiger partial charge in [-0.3, -0.25) is 0 Å². The van der Waals surface area contributed by atoms with E-state index in [1.807, 2.05) is 0 Å². The van der Waals surface area contributed by atoms with Gasteiger partial charge in [0.2, 0.25) is 0 Å². The van der Waals surface area contributed by atoms with Gasteiger partial charge in [-0.15, -0.1) is 0 Å². The van der Waals surface area contributed by atoms with Crippen molar-refractivity contribution in [2.45, 2.75) is 44.9 Å². The molecule has 1 aliphatic rings. The zero-order valence-electron chi connectivity index (χ0n) is 9.77. The Bertz CT molecular complexity index is 141. The highest BCUT2D eigenvalue weighted by molar-refractivity contribution is 4.86. The summed E-state index contributed by atoms with van der Waals surface area (Å²) in [4.78, 5) is 0. The van der Waals surface area contributed by atoms with Gasteiger partial charge in [0.25, 0.3) is 0 Å². The van der Waals surface area contributed by atoms with Gasteiger partial charge in [-0.05, 0) is 38.1 Å². The van der Waals surface area contributed by atoms with E-state index in [9.17, 15) is 0 Å². The van der Waals surface area contributed by atoms with Gasteiger partial charge in [-0.25, -0.2) is 0 Å². The summed E-state index contributed by atoms with van der Waals surface area (Å²) in [6, 6.07) is 0. The van der Waals surface area contributed by atoms with Crippen LogP contribution in [0.3, 0.4) is 0 Å². The molecule has 1 saturated carbocycles. The van der Waals surface area contributed by atoms with Crippen molar-refractivity contribution in [3.05, 3.63) is 0 Å². The average Bonchev–Trinajstić information content (AvgIpc) is 2.63. The number of hydrogen-bond donors (Lipinski definition) is 1. The third kappa shape index (κ3) is 3.58. The van der Waals surface area contributed by atoms with Crippen molar-refractivity contribution >= 4 is 0 Å². The van der Waals surface area contributed by atoms with E-state index in [0.29, 0.717) is 5.41 Å². The Balaban J connectivity index is 2.21. The zero-order chi connectivity index (χ0) is 10.3. The molecule has 1 fully saturated rings. The minimum Gasteiger partial charge on any atom is -0.385 e. The molecule has 0 spiro atoms. The molecule has 1 aliphatic carbocycles. The Kier molecular flexibility index (Phi) is 5.49. The second kappa shape index (κ2) is 6.41. The molecule has 2 heteroatoms. The topological polar surface area (TPSA) is 21.3 Å². The van der Waals surface area contributed by atoms with E-state index in [1.165, 1.54) is 51.5 Å². The largest absolute Gasteiger partial charge is 0.385 e. The van der Waals surface area contributed by atoms with Crippen LogP contribution >= 0.6 is 0 Å². The Morgan fingerprint density at radius 3 is 2.50 bits per heavy atom. The molecule has 0 radical (unpaired) electrons. The lowest BCUT2D eigenvalue weighted by molar-refractivity contribution is 0.180. The van der Waals surface area contributed by atoms with Crippen LogP contribution in [-0.4, -0.2) is 27.3 Å². The SMILES string of the molecule is CNCC1(CCCCOC)CCCC1. The van der Waals surface area contributed by atoms with E-state index < -0.39 is 0 Å². The first kappa shape index (κ1) is 12.0. The Hall–Kier alpha value is -0.0800. The Labute approximate surface area is 88.4 Å². The second-order valence-electron chi connectivity index (χ2n) is 4.69. The number of ether oxygens (including phenoxy) is 1. The summed E-state index contributed by atoms with van der Waals surface area (Å²) in [5.74, 6) is 0. The van der Waals surface area contributed by atoms with Crippen LogP contribution < -0.4 is 5.32 Å². The molecule has 1 N–H and O–H groups in total. The van der Waals surface area contributed by atoms with Gasteiger partial charge in [0, 0.05) is 20.3 Å². The highest BCUT2D eigenvalue weighted by Crippen LogP contribution is 2.41. The minimum absolute atomic E-state index is 0.627. The molecule has 0 saturated heterocycles. The predicted octanol–water partition coefficient (Wildman–Crippen LogP) is 2.58. The predicted molar refractivity (Wildman–Crippen MR) is 60.6 cm³/mol. The molecule has 0 unspecified atom stereocenters. The molecular weight excluding hydrogens is 174 g/mol. The molecule has 0 atom stereocenters. The second-order valence-corrected chi connectivity index (χ2v) is 4.69. The molecule has 0 amide bonds. The van der Waals surface area contributed by atoms with Gasteiger partial charge in [0.05, 0.1) is 0 Å². The van der Waals surface area contributed by atoms with Crippen LogP contribution in [-0.2, 0) is 4.74 Å². The molecule has 0 heterocycles. The first-order valence-electron chi connectivity index (χ1n) is 5.96. The lowest BCUT2D eigenvalue weighted by Crippen LogP contribution is -2.29.